The fourth-order valence-corrected chi connectivity index (χ4v) is 3.56. The van der Waals surface area contributed by atoms with Gasteiger partial charge in [-0.25, -0.2) is 9.78 Å². The summed E-state index contributed by atoms with van der Waals surface area (Å²) in [7, 11) is 1.38. The van der Waals surface area contributed by atoms with Gasteiger partial charge in [0.1, 0.15) is 0 Å². The van der Waals surface area contributed by atoms with E-state index < -0.39 is 0 Å². The molecular formula is C20H20N2O2S. The Bertz CT molecular complexity index is 914. The standard InChI is InChI=1S/C20H20N2O2S/c1-12-5-10-17(13(2)11-12)18-14(3)25-20(22-18)21-16-8-6-15(7-9-16)19(23)24-4/h5-11H,1-4H3,(H,21,22). The van der Waals surface area contributed by atoms with Crippen LogP contribution in [0, 0.1) is 20.8 Å². The molecule has 3 rings (SSSR count). The lowest BCUT2D eigenvalue weighted by atomic mass is 10.0. The molecule has 0 spiro atoms. The molecule has 4 nitrogen and oxygen atoms in total. The first-order valence-electron chi connectivity index (χ1n) is 7.98. The quantitative estimate of drug-likeness (QED) is 0.650. The van der Waals surface area contributed by atoms with Crippen molar-refractivity contribution in [2.24, 2.45) is 0 Å². The molecule has 0 fully saturated rings. The summed E-state index contributed by atoms with van der Waals surface area (Å²) in [6, 6.07) is 13.6. The minimum absolute atomic E-state index is 0.339. The third-order valence-electron chi connectivity index (χ3n) is 3.99. The van der Waals surface area contributed by atoms with Crippen LogP contribution in [-0.2, 0) is 4.74 Å². The van der Waals surface area contributed by atoms with E-state index in [9.17, 15) is 4.79 Å². The van der Waals surface area contributed by atoms with Crippen molar-refractivity contribution in [1.29, 1.82) is 0 Å². The number of esters is 1. The smallest absolute Gasteiger partial charge is 0.337 e. The molecule has 0 bridgehead atoms. The Labute approximate surface area is 151 Å². The van der Waals surface area contributed by atoms with E-state index in [1.54, 1.807) is 23.5 Å². The number of rotatable bonds is 4. The minimum Gasteiger partial charge on any atom is -0.465 e. The van der Waals surface area contributed by atoms with Crippen LogP contribution >= 0.6 is 11.3 Å². The average Bonchev–Trinajstić information content (AvgIpc) is 2.95. The number of aryl methyl sites for hydroxylation is 3. The van der Waals surface area contributed by atoms with E-state index >= 15 is 0 Å². The first kappa shape index (κ1) is 17.2. The Kier molecular flexibility index (Phi) is 4.86. The normalized spacial score (nSPS) is 10.6. The summed E-state index contributed by atoms with van der Waals surface area (Å²) >= 11 is 1.62. The van der Waals surface area contributed by atoms with Crippen LogP contribution in [0.5, 0.6) is 0 Å². The van der Waals surface area contributed by atoms with Crippen LogP contribution in [0.3, 0.4) is 0 Å². The molecule has 5 heteroatoms. The number of nitrogens with zero attached hydrogens (tertiary/aromatic N) is 1. The van der Waals surface area contributed by atoms with Gasteiger partial charge in [0.15, 0.2) is 5.13 Å². The lowest BCUT2D eigenvalue weighted by Gasteiger charge is -2.05. The van der Waals surface area contributed by atoms with Crippen LogP contribution in [0.15, 0.2) is 42.5 Å². The van der Waals surface area contributed by atoms with Gasteiger partial charge in [0.2, 0.25) is 0 Å². The number of ether oxygens (including phenoxy) is 1. The number of aromatic nitrogens is 1. The molecule has 1 N–H and O–H groups in total. The molecule has 1 aromatic heterocycles. The molecule has 25 heavy (non-hydrogen) atoms. The van der Waals surface area contributed by atoms with Gasteiger partial charge in [-0.1, -0.05) is 23.8 Å². The summed E-state index contributed by atoms with van der Waals surface area (Å²) in [6.07, 6.45) is 0. The third kappa shape index (κ3) is 3.72. The van der Waals surface area contributed by atoms with E-state index in [-0.39, 0.29) is 5.97 Å². The number of carbonyl (C=O) groups is 1. The second-order valence-electron chi connectivity index (χ2n) is 5.94. The number of nitrogens with one attached hydrogen (secondary N) is 1. The van der Waals surface area contributed by atoms with Crippen molar-refractivity contribution < 1.29 is 9.53 Å². The van der Waals surface area contributed by atoms with E-state index in [1.807, 2.05) is 12.1 Å². The molecule has 0 saturated heterocycles. The molecule has 0 amide bonds. The Hall–Kier alpha value is -2.66. The van der Waals surface area contributed by atoms with Gasteiger partial charge < -0.3 is 10.1 Å². The number of hydrogen-bond acceptors (Lipinski definition) is 5. The Balaban J connectivity index is 1.84. The van der Waals surface area contributed by atoms with Gasteiger partial charge in [-0.15, -0.1) is 11.3 Å². The molecule has 2 aromatic carbocycles. The zero-order valence-corrected chi connectivity index (χ0v) is 15.5. The molecule has 3 aromatic rings. The number of carbonyl (C=O) groups excluding carboxylic acids is 1. The third-order valence-corrected chi connectivity index (χ3v) is 4.88. The van der Waals surface area contributed by atoms with Gasteiger partial charge in [-0.05, 0) is 50.6 Å². The summed E-state index contributed by atoms with van der Waals surface area (Å²) in [5.41, 5.74) is 6.05. The van der Waals surface area contributed by atoms with E-state index in [0.717, 1.165) is 22.1 Å². The highest BCUT2D eigenvalue weighted by Crippen LogP contribution is 2.33. The Morgan fingerprint density at radius 3 is 2.44 bits per heavy atom. The van der Waals surface area contributed by atoms with E-state index in [2.05, 4.69) is 44.3 Å². The summed E-state index contributed by atoms with van der Waals surface area (Å²) in [6.45, 7) is 6.28. The Morgan fingerprint density at radius 1 is 1.08 bits per heavy atom. The van der Waals surface area contributed by atoms with Crippen molar-refractivity contribution >= 4 is 28.1 Å². The van der Waals surface area contributed by atoms with E-state index in [0.29, 0.717) is 5.56 Å². The topological polar surface area (TPSA) is 51.2 Å². The zero-order chi connectivity index (χ0) is 18.0. The summed E-state index contributed by atoms with van der Waals surface area (Å²) in [5.74, 6) is -0.339. The fourth-order valence-electron chi connectivity index (χ4n) is 2.71. The van der Waals surface area contributed by atoms with Crippen LogP contribution in [-0.4, -0.2) is 18.1 Å². The maximum Gasteiger partial charge on any atom is 0.337 e. The van der Waals surface area contributed by atoms with E-state index in [4.69, 9.17) is 9.72 Å². The molecule has 0 saturated carbocycles. The average molecular weight is 352 g/mol. The van der Waals surface area contributed by atoms with Crippen molar-refractivity contribution in [2.75, 3.05) is 12.4 Å². The molecule has 128 valence electrons. The van der Waals surface area contributed by atoms with Crippen molar-refractivity contribution in [3.05, 3.63) is 64.0 Å². The summed E-state index contributed by atoms with van der Waals surface area (Å²) in [4.78, 5) is 17.4. The molecule has 0 atom stereocenters. The highest BCUT2D eigenvalue weighted by molar-refractivity contribution is 7.16. The fraction of sp³-hybridized carbons (Fsp3) is 0.200. The van der Waals surface area contributed by atoms with Crippen LogP contribution < -0.4 is 5.32 Å². The number of thiazole rings is 1. The van der Waals surface area contributed by atoms with E-state index in [1.165, 1.54) is 23.1 Å². The lowest BCUT2D eigenvalue weighted by molar-refractivity contribution is 0.0601. The highest BCUT2D eigenvalue weighted by Gasteiger charge is 2.12. The summed E-state index contributed by atoms with van der Waals surface area (Å²) in [5, 5.41) is 4.14. The van der Waals surface area contributed by atoms with Crippen molar-refractivity contribution in [1.82, 2.24) is 4.98 Å². The van der Waals surface area contributed by atoms with Gasteiger partial charge in [-0.2, -0.15) is 0 Å². The first-order chi connectivity index (χ1) is 12.0. The van der Waals surface area contributed by atoms with Crippen molar-refractivity contribution in [3.63, 3.8) is 0 Å². The number of anilines is 2. The van der Waals surface area contributed by atoms with Gasteiger partial charge >= 0.3 is 5.97 Å². The largest absolute Gasteiger partial charge is 0.465 e. The number of hydrogen-bond donors (Lipinski definition) is 1. The molecule has 0 aliphatic heterocycles. The molecule has 0 unspecified atom stereocenters. The molecule has 0 radical (unpaired) electrons. The second kappa shape index (κ2) is 7.07. The highest BCUT2D eigenvalue weighted by atomic mass is 32.1. The predicted molar refractivity (Wildman–Crippen MR) is 103 cm³/mol. The zero-order valence-electron chi connectivity index (χ0n) is 14.7. The number of methoxy groups -OCH3 is 1. The van der Waals surface area contributed by atoms with Gasteiger partial charge in [0, 0.05) is 16.1 Å². The number of benzene rings is 2. The SMILES string of the molecule is COC(=O)c1ccc(Nc2nc(-c3ccc(C)cc3C)c(C)s2)cc1. The van der Waals surface area contributed by atoms with Gasteiger partial charge in [0.05, 0.1) is 18.4 Å². The second-order valence-corrected chi connectivity index (χ2v) is 7.14. The summed E-state index contributed by atoms with van der Waals surface area (Å²) < 4.78 is 4.71. The van der Waals surface area contributed by atoms with Crippen molar-refractivity contribution in [3.8, 4) is 11.3 Å². The predicted octanol–water partition coefficient (Wildman–Crippen LogP) is 5.27. The van der Waals surface area contributed by atoms with Crippen LogP contribution in [0.4, 0.5) is 10.8 Å². The molecule has 0 aliphatic carbocycles. The monoisotopic (exact) mass is 352 g/mol. The first-order valence-corrected chi connectivity index (χ1v) is 8.80. The maximum absolute atomic E-state index is 11.5. The Morgan fingerprint density at radius 2 is 1.80 bits per heavy atom. The molecule has 0 aliphatic rings. The molecular weight excluding hydrogens is 332 g/mol. The van der Waals surface area contributed by atoms with Crippen LogP contribution in [0.25, 0.3) is 11.3 Å². The maximum atomic E-state index is 11.5. The lowest BCUT2D eigenvalue weighted by Crippen LogP contribution is -2.00. The van der Waals surface area contributed by atoms with Gasteiger partial charge in [-0.3, -0.25) is 0 Å². The minimum atomic E-state index is -0.339. The van der Waals surface area contributed by atoms with Crippen LogP contribution in [0.2, 0.25) is 0 Å². The van der Waals surface area contributed by atoms with Crippen molar-refractivity contribution in [2.45, 2.75) is 20.8 Å². The van der Waals surface area contributed by atoms with Crippen LogP contribution in [0.1, 0.15) is 26.4 Å². The molecule has 1 heterocycles. The van der Waals surface area contributed by atoms with Gasteiger partial charge in [0.25, 0.3) is 0 Å².